The molecule has 2 aliphatic rings. The maximum Gasteiger partial charge on any atom is 0.119 e. The fourth-order valence-corrected chi connectivity index (χ4v) is 2.13. The molecule has 16 heavy (non-hydrogen) atoms. The second kappa shape index (κ2) is 3.49. The summed E-state index contributed by atoms with van der Waals surface area (Å²) in [4.78, 5) is 0. The Labute approximate surface area is 96.2 Å². The molecule has 3 rings (SSSR count). The minimum atomic E-state index is -0.655. The Morgan fingerprint density at radius 2 is 1.75 bits per heavy atom. The molecule has 86 valence electrons. The second-order valence-corrected chi connectivity index (χ2v) is 5.26. The Morgan fingerprint density at radius 3 is 2.25 bits per heavy atom. The first kappa shape index (κ1) is 10.2. The quantitative estimate of drug-likeness (QED) is 0.842. The van der Waals surface area contributed by atoms with Gasteiger partial charge in [0.05, 0.1) is 11.7 Å². The van der Waals surface area contributed by atoms with Gasteiger partial charge < -0.3 is 9.84 Å². The molecule has 0 heterocycles. The fourth-order valence-electron chi connectivity index (χ4n) is 2.13. The smallest absolute Gasteiger partial charge is 0.119 e. The molecule has 2 fully saturated rings. The lowest BCUT2D eigenvalue weighted by atomic mass is 9.91. The first-order valence-corrected chi connectivity index (χ1v) is 6.16. The summed E-state index contributed by atoms with van der Waals surface area (Å²) in [5.41, 5.74) is 0.358. The van der Waals surface area contributed by atoms with Gasteiger partial charge in [-0.2, -0.15) is 0 Å². The molecule has 1 atom stereocenters. The molecule has 0 aromatic heterocycles. The molecule has 0 saturated heterocycles. The van der Waals surface area contributed by atoms with Crippen LogP contribution in [-0.4, -0.2) is 11.2 Å². The first-order chi connectivity index (χ1) is 7.66. The van der Waals surface area contributed by atoms with E-state index in [1.165, 1.54) is 12.8 Å². The minimum Gasteiger partial charge on any atom is -0.490 e. The van der Waals surface area contributed by atoms with Gasteiger partial charge in [0.25, 0.3) is 0 Å². The van der Waals surface area contributed by atoms with Gasteiger partial charge in [-0.3, -0.25) is 0 Å². The van der Waals surface area contributed by atoms with E-state index in [9.17, 15) is 5.11 Å². The van der Waals surface area contributed by atoms with Crippen molar-refractivity contribution in [2.45, 2.75) is 44.3 Å². The van der Waals surface area contributed by atoms with Gasteiger partial charge in [-0.25, -0.2) is 0 Å². The lowest BCUT2D eigenvalue weighted by Crippen LogP contribution is -2.23. The van der Waals surface area contributed by atoms with Gasteiger partial charge in [-0.05, 0) is 56.2 Å². The Hall–Kier alpha value is -1.02. The summed E-state index contributed by atoms with van der Waals surface area (Å²) < 4.78 is 5.69. The highest BCUT2D eigenvalue weighted by atomic mass is 16.5. The van der Waals surface area contributed by atoms with E-state index in [0.717, 1.165) is 24.2 Å². The molecule has 1 unspecified atom stereocenters. The van der Waals surface area contributed by atoms with Crippen molar-refractivity contribution in [1.82, 2.24) is 0 Å². The summed E-state index contributed by atoms with van der Waals surface area (Å²) in [6, 6.07) is 7.95. The maximum absolute atomic E-state index is 10.4. The molecule has 2 nitrogen and oxygen atoms in total. The Balaban J connectivity index is 1.75. The Bertz CT molecular complexity index is 372. The molecule has 0 radical (unpaired) electrons. The summed E-state index contributed by atoms with van der Waals surface area (Å²) in [7, 11) is 0. The average molecular weight is 218 g/mol. The van der Waals surface area contributed by atoms with Crippen LogP contribution >= 0.6 is 0 Å². The van der Waals surface area contributed by atoms with Crippen LogP contribution in [0.1, 0.15) is 38.2 Å². The van der Waals surface area contributed by atoms with Crippen molar-refractivity contribution in [3.05, 3.63) is 29.8 Å². The van der Waals surface area contributed by atoms with Crippen molar-refractivity contribution in [1.29, 1.82) is 0 Å². The highest BCUT2D eigenvalue weighted by Crippen LogP contribution is 2.45. The molecule has 2 heteroatoms. The molecule has 0 bridgehead atoms. The van der Waals surface area contributed by atoms with Crippen molar-refractivity contribution in [2.24, 2.45) is 5.92 Å². The Morgan fingerprint density at radius 1 is 1.12 bits per heavy atom. The SMILES string of the molecule is CC(O)(c1ccc(OC2CC2)cc1)C1CC1. The van der Waals surface area contributed by atoms with Gasteiger partial charge in [0, 0.05) is 0 Å². The average Bonchev–Trinajstić information content (AvgIpc) is 3.13. The van der Waals surface area contributed by atoms with E-state index in [2.05, 4.69) is 0 Å². The van der Waals surface area contributed by atoms with Crippen molar-refractivity contribution in [3.63, 3.8) is 0 Å². The number of aliphatic hydroxyl groups is 1. The molecule has 1 N–H and O–H groups in total. The van der Waals surface area contributed by atoms with E-state index in [0.29, 0.717) is 12.0 Å². The summed E-state index contributed by atoms with van der Waals surface area (Å²) >= 11 is 0. The third-order valence-corrected chi connectivity index (χ3v) is 3.64. The van der Waals surface area contributed by atoms with Crippen molar-refractivity contribution >= 4 is 0 Å². The zero-order chi connectivity index (χ0) is 11.2. The normalized spacial score (nSPS) is 23.9. The van der Waals surface area contributed by atoms with Crippen LogP contribution in [0, 0.1) is 5.92 Å². The standard InChI is InChI=1S/C14H18O2/c1-14(15,10-2-3-10)11-4-6-12(7-5-11)16-13-8-9-13/h4-7,10,13,15H,2-3,8-9H2,1H3. The first-order valence-electron chi connectivity index (χ1n) is 6.16. The molecule has 0 amide bonds. The van der Waals surface area contributed by atoms with Crippen LogP contribution in [0.4, 0.5) is 0 Å². The van der Waals surface area contributed by atoms with Crippen molar-refractivity contribution in [2.75, 3.05) is 0 Å². The van der Waals surface area contributed by atoms with Gasteiger partial charge in [-0.1, -0.05) is 12.1 Å². The zero-order valence-corrected chi connectivity index (χ0v) is 9.65. The molecular formula is C14H18O2. The monoisotopic (exact) mass is 218 g/mol. The van der Waals surface area contributed by atoms with Crippen LogP contribution < -0.4 is 4.74 Å². The third kappa shape index (κ3) is 1.94. The topological polar surface area (TPSA) is 29.5 Å². The highest BCUT2D eigenvalue weighted by molar-refractivity contribution is 5.32. The van der Waals surface area contributed by atoms with E-state index >= 15 is 0 Å². The summed E-state index contributed by atoms with van der Waals surface area (Å²) in [6.07, 6.45) is 5.10. The third-order valence-electron chi connectivity index (χ3n) is 3.64. The van der Waals surface area contributed by atoms with E-state index in [1.807, 2.05) is 31.2 Å². The number of hydrogen-bond donors (Lipinski definition) is 1. The van der Waals surface area contributed by atoms with Crippen molar-refractivity contribution in [3.8, 4) is 5.75 Å². The highest BCUT2D eigenvalue weighted by Gasteiger charge is 2.41. The van der Waals surface area contributed by atoms with Gasteiger partial charge in [0.15, 0.2) is 0 Å². The van der Waals surface area contributed by atoms with Crippen LogP contribution in [-0.2, 0) is 5.60 Å². The number of ether oxygens (including phenoxy) is 1. The molecule has 2 aliphatic carbocycles. The van der Waals surface area contributed by atoms with Crippen LogP contribution in [0.5, 0.6) is 5.75 Å². The van der Waals surface area contributed by atoms with Gasteiger partial charge in [0.1, 0.15) is 5.75 Å². The summed E-state index contributed by atoms with van der Waals surface area (Å²) in [5.74, 6) is 1.38. The van der Waals surface area contributed by atoms with E-state index in [1.54, 1.807) is 0 Å². The molecule has 2 saturated carbocycles. The largest absolute Gasteiger partial charge is 0.490 e. The zero-order valence-electron chi connectivity index (χ0n) is 9.65. The number of benzene rings is 1. The van der Waals surface area contributed by atoms with Crippen LogP contribution in [0.2, 0.25) is 0 Å². The lowest BCUT2D eigenvalue weighted by Gasteiger charge is -2.23. The maximum atomic E-state index is 10.4. The van der Waals surface area contributed by atoms with Gasteiger partial charge in [0.2, 0.25) is 0 Å². The van der Waals surface area contributed by atoms with Gasteiger partial charge in [-0.15, -0.1) is 0 Å². The van der Waals surface area contributed by atoms with E-state index in [-0.39, 0.29) is 0 Å². The van der Waals surface area contributed by atoms with Crippen LogP contribution in [0.25, 0.3) is 0 Å². The Kier molecular flexibility index (Phi) is 2.21. The minimum absolute atomic E-state index is 0.440. The molecular weight excluding hydrogens is 200 g/mol. The molecule has 0 aliphatic heterocycles. The second-order valence-electron chi connectivity index (χ2n) is 5.26. The number of rotatable bonds is 4. The molecule has 0 spiro atoms. The van der Waals surface area contributed by atoms with Gasteiger partial charge >= 0.3 is 0 Å². The predicted octanol–water partition coefficient (Wildman–Crippen LogP) is 2.85. The molecule has 1 aromatic rings. The summed E-state index contributed by atoms with van der Waals surface area (Å²) in [5, 5.41) is 10.4. The van der Waals surface area contributed by atoms with Crippen LogP contribution in [0.3, 0.4) is 0 Å². The van der Waals surface area contributed by atoms with Crippen LogP contribution in [0.15, 0.2) is 24.3 Å². The van der Waals surface area contributed by atoms with Crippen molar-refractivity contribution < 1.29 is 9.84 Å². The van der Waals surface area contributed by atoms with E-state index in [4.69, 9.17) is 4.74 Å². The predicted molar refractivity (Wildman–Crippen MR) is 62.4 cm³/mol. The fraction of sp³-hybridized carbons (Fsp3) is 0.571. The van der Waals surface area contributed by atoms with E-state index < -0.39 is 5.60 Å². The lowest BCUT2D eigenvalue weighted by molar-refractivity contribution is 0.0330. The summed E-state index contributed by atoms with van der Waals surface area (Å²) in [6.45, 7) is 1.92. The molecule has 1 aromatic carbocycles. The number of hydrogen-bond acceptors (Lipinski definition) is 2.